The second kappa shape index (κ2) is 5.06. The molecule has 0 bridgehead atoms. The minimum absolute atomic E-state index is 0.250. The van der Waals surface area contributed by atoms with Crippen molar-refractivity contribution in [1.82, 2.24) is 0 Å². The molecule has 0 spiro atoms. The van der Waals surface area contributed by atoms with Crippen LogP contribution in [0.3, 0.4) is 0 Å². The fourth-order valence-corrected chi connectivity index (χ4v) is 1.64. The number of halogens is 2. The summed E-state index contributed by atoms with van der Waals surface area (Å²) >= 11 is 5.84. The summed E-state index contributed by atoms with van der Waals surface area (Å²) in [6.07, 6.45) is 0. The van der Waals surface area contributed by atoms with E-state index < -0.39 is 0 Å². The van der Waals surface area contributed by atoms with E-state index in [0.717, 1.165) is 5.56 Å². The van der Waals surface area contributed by atoms with Gasteiger partial charge in [0.15, 0.2) is 0 Å². The summed E-state index contributed by atoms with van der Waals surface area (Å²) in [5, 5.41) is 0.250. The maximum atomic E-state index is 12.8. The standard InChI is InChI=1S/C13H11ClFNO/c14-11-7-10(15)5-6-13(11)17-8-9-3-1-2-4-12(9)16/h1-7H,8,16H2. The molecule has 2 aromatic rings. The van der Waals surface area contributed by atoms with E-state index in [1.165, 1.54) is 18.2 Å². The van der Waals surface area contributed by atoms with Gasteiger partial charge in [0.25, 0.3) is 0 Å². The third kappa shape index (κ3) is 2.88. The van der Waals surface area contributed by atoms with Gasteiger partial charge in [-0.15, -0.1) is 0 Å². The first-order valence-electron chi connectivity index (χ1n) is 5.08. The van der Waals surface area contributed by atoms with Crippen LogP contribution in [0.4, 0.5) is 10.1 Å². The number of para-hydroxylation sites is 1. The first-order chi connectivity index (χ1) is 8.16. The van der Waals surface area contributed by atoms with Crippen molar-refractivity contribution in [2.45, 2.75) is 6.61 Å². The summed E-state index contributed by atoms with van der Waals surface area (Å²) in [6, 6.07) is 11.4. The molecule has 0 heterocycles. The topological polar surface area (TPSA) is 35.2 Å². The lowest BCUT2D eigenvalue weighted by molar-refractivity contribution is 0.306. The van der Waals surface area contributed by atoms with Crippen molar-refractivity contribution in [3.05, 3.63) is 58.9 Å². The lowest BCUT2D eigenvalue weighted by Gasteiger charge is -2.09. The molecule has 0 atom stereocenters. The van der Waals surface area contributed by atoms with Gasteiger partial charge in [-0.3, -0.25) is 0 Å². The Labute approximate surface area is 104 Å². The van der Waals surface area contributed by atoms with E-state index in [4.69, 9.17) is 22.1 Å². The van der Waals surface area contributed by atoms with E-state index in [9.17, 15) is 4.39 Å². The molecular formula is C13H11ClFNO. The third-order valence-electron chi connectivity index (χ3n) is 2.33. The minimum atomic E-state index is -0.387. The van der Waals surface area contributed by atoms with Gasteiger partial charge in [0.1, 0.15) is 18.2 Å². The van der Waals surface area contributed by atoms with Crippen molar-refractivity contribution in [1.29, 1.82) is 0 Å². The molecule has 0 unspecified atom stereocenters. The van der Waals surface area contributed by atoms with Gasteiger partial charge in [-0.05, 0) is 24.3 Å². The fraction of sp³-hybridized carbons (Fsp3) is 0.0769. The number of nitrogen functional groups attached to an aromatic ring is 1. The average molecular weight is 252 g/mol. The first-order valence-corrected chi connectivity index (χ1v) is 5.46. The summed E-state index contributed by atoms with van der Waals surface area (Å²) in [5.74, 6) is 0.0536. The zero-order valence-corrected chi connectivity index (χ0v) is 9.75. The number of hydrogen-bond acceptors (Lipinski definition) is 2. The minimum Gasteiger partial charge on any atom is -0.487 e. The molecule has 2 rings (SSSR count). The molecule has 88 valence electrons. The van der Waals surface area contributed by atoms with E-state index in [2.05, 4.69) is 0 Å². The van der Waals surface area contributed by atoms with Gasteiger partial charge >= 0.3 is 0 Å². The predicted octanol–water partition coefficient (Wildman–Crippen LogP) is 3.64. The molecule has 17 heavy (non-hydrogen) atoms. The largest absolute Gasteiger partial charge is 0.487 e. The molecule has 0 amide bonds. The molecule has 0 saturated carbocycles. The van der Waals surface area contributed by atoms with E-state index in [0.29, 0.717) is 18.0 Å². The lowest BCUT2D eigenvalue weighted by atomic mass is 10.2. The maximum absolute atomic E-state index is 12.8. The monoisotopic (exact) mass is 251 g/mol. The van der Waals surface area contributed by atoms with E-state index >= 15 is 0 Å². The predicted molar refractivity (Wildman–Crippen MR) is 66.6 cm³/mol. The SMILES string of the molecule is Nc1ccccc1COc1ccc(F)cc1Cl. The number of benzene rings is 2. The third-order valence-corrected chi connectivity index (χ3v) is 2.63. The van der Waals surface area contributed by atoms with Crippen molar-refractivity contribution in [3.8, 4) is 5.75 Å². The van der Waals surface area contributed by atoms with Gasteiger partial charge in [0, 0.05) is 11.3 Å². The molecule has 2 N–H and O–H groups in total. The van der Waals surface area contributed by atoms with Crippen LogP contribution < -0.4 is 10.5 Å². The molecule has 0 aliphatic carbocycles. The Hall–Kier alpha value is -1.74. The zero-order valence-electron chi connectivity index (χ0n) is 8.99. The van der Waals surface area contributed by atoms with Crippen molar-refractivity contribution >= 4 is 17.3 Å². The number of nitrogens with two attached hydrogens (primary N) is 1. The van der Waals surface area contributed by atoms with Gasteiger partial charge in [-0.25, -0.2) is 4.39 Å². The summed E-state index contributed by atoms with van der Waals surface area (Å²) in [4.78, 5) is 0. The Morgan fingerprint density at radius 3 is 2.65 bits per heavy atom. The van der Waals surface area contributed by atoms with Crippen LogP contribution in [0.15, 0.2) is 42.5 Å². The van der Waals surface area contributed by atoms with Crippen molar-refractivity contribution < 1.29 is 9.13 Å². The van der Waals surface area contributed by atoms with Crippen LogP contribution in [0.25, 0.3) is 0 Å². The van der Waals surface area contributed by atoms with Crippen LogP contribution in [0.5, 0.6) is 5.75 Å². The summed E-state index contributed by atoms with van der Waals surface area (Å²) in [7, 11) is 0. The number of ether oxygens (including phenoxy) is 1. The van der Waals surface area contributed by atoms with Crippen molar-refractivity contribution in [3.63, 3.8) is 0 Å². The molecule has 0 fully saturated rings. The highest BCUT2D eigenvalue weighted by Gasteiger charge is 2.04. The second-order valence-electron chi connectivity index (χ2n) is 3.56. The Morgan fingerprint density at radius 1 is 1.18 bits per heavy atom. The highest BCUT2D eigenvalue weighted by Crippen LogP contribution is 2.26. The van der Waals surface area contributed by atoms with Gasteiger partial charge in [-0.1, -0.05) is 29.8 Å². The quantitative estimate of drug-likeness (QED) is 0.846. The first kappa shape index (κ1) is 11.7. The van der Waals surface area contributed by atoms with Crippen LogP contribution in [-0.2, 0) is 6.61 Å². The summed E-state index contributed by atoms with van der Waals surface area (Å²) in [6.45, 7) is 0.304. The number of anilines is 1. The molecule has 0 aliphatic heterocycles. The average Bonchev–Trinajstić information content (AvgIpc) is 2.30. The Morgan fingerprint density at radius 2 is 1.94 bits per heavy atom. The Kier molecular flexibility index (Phi) is 3.49. The van der Waals surface area contributed by atoms with Crippen molar-refractivity contribution in [2.24, 2.45) is 0 Å². The molecule has 4 heteroatoms. The lowest BCUT2D eigenvalue weighted by Crippen LogP contribution is -2.00. The fourth-order valence-electron chi connectivity index (χ4n) is 1.41. The zero-order chi connectivity index (χ0) is 12.3. The maximum Gasteiger partial charge on any atom is 0.138 e. The molecule has 0 saturated heterocycles. The molecular weight excluding hydrogens is 241 g/mol. The van der Waals surface area contributed by atoms with Gasteiger partial charge in [0.05, 0.1) is 5.02 Å². The van der Waals surface area contributed by atoms with E-state index in [1.54, 1.807) is 6.07 Å². The molecule has 0 radical (unpaired) electrons. The highest BCUT2D eigenvalue weighted by molar-refractivity contribution is 6.32. The molecule has 0 aliphatic rings. The molecule has 2 nitrogen and oxygen atoms in total. The number of hydrogen-bond donors (Lipinski definition) is 1. The summed E-state index contributed by atoms with van der Waals surface area (Å²) < 4.78 is 18.3. The van der Waals surface area contributed by atoms with Crippen molar-refractivity contribution in [2.75, 3.05) is 5.73 Å². The van der Waals surface area contributed by atoms with E-state index in [1.807, 2.05) is 18.2 Å². The normalized spacial score (nSPS) is 10.2. The second-order valence-corrected chi connectivity index (χ2v) is 3.97. The Balaban J connectivity index is 2.10. The summed E-state index contributed by atoms with van der Waals surface area (Å²) in [5.41, 5.74) is 7.30. The van der Waals surface area contributed by atoms with E-state index in [-0.39, 0.29) is 10.8 Å². The Bertz CT molecular complexity index is 531. The van der Waals surface area contributed by atoms with Crippen LogP contribution in [0.2, 0.25) is 5.02 Å². The van der Waals surface area contributed by atoms with Gasteiger partial charge in [-0.2, -0.15) is 0 Å². The van der Waals surface area contributed by atoms with Crippen LogP contribution in [0, 0.1) is 5.82 Å². The highest BCUT2D eigenvalue weighted by atomic mass is 35.5. The van der Waals surface area contributed by atoms with Gasteiger partial charge < -0.3 is 10.5 Å². The van der Waals surface area contributed by atoms with Crippen LogP contribution >= 0.6 is 11.6 Å². The molecule has 2 aromatic carbocycles. The van der Waals surface area contributed by atoms with Crippen LogP contribution in [0.1, 0.15) is 5.56 Å². The van der Waals surface area contributed by atoms with Crippen LogP contribution in [-0.4, -0.2) is 0 Å². The molecule has 0 aromatic heterocycles. The number of rotatable bonds is 3. The smallest absolute Gasteiger partial charge is 0.138 e. The van der Waals surface area contributed by atoms with Gasteiger partial charge in [0.2, 0.25) is 0 Å².